The van der Waals surface area contributed by atoms with Crippen molar-refractivity contribution < 1.29 is 0 Å². The first kappa shape index (κ1) is 12.6. The summed E-state index contributed by atoms with van der Waals surface area (Å²) >= 11 is 5.74. The highest BCUT2D eigenvalue weighted by atomic mass is 35.5. The Bertz CT molecular complexity index is 401. The van der Waals surface area contributed by atoms with Crippen molar-refractivity contribution in [2.45, 2.75) is 19.9 Å². The van der Waals surface area contributed by atoms with Crippen LogP contribution >= 0.6 is 11.6 Å². The van der Waals surface area contributed by atoms with E-state index in [-0.39, 0.29) is 11.2 Å². The van der Waals surface area contributed by atoms with Gasteiger partial charge in [-0.15, -0.1) is 0 Å². The van der Waals surface area contributed by atoms with E-state index in [0.717, 1.165) is 0 Å². The maximum atomic E-state index is 8.76. The molecule has 1 aromatic heterocycles. The molecule has 1 rings (SSSR count). The lowest BCUT2D eigenvalue weighted by Gasteiger charge is -2.12. The van der Waals surface area contributed by atoms with Crippen LogP contribution in [0.2, 0.25) is 5.28 Å². The number of nitrogens with two attached hydrogens (primary N) is 1. The van der Waals surface area contributed by atoms with Gasteiger partial charge in [-0.25, -0.2) is 4.98 Å². The Balaban J connectivity index is 3.00. The summed E-state index contributed by atoms with van der Waals surface area (Å²) in [5.74, 6) is 0.316. The van der Waals surface area contributed by atoms with Crippen molar-refractivity contribution in [1.82, 2.24) is 15.0 Å². The van der Waals surface area contributed by atoms with Crippen LogP contribution in [-0.4, -0.2) is 21.5 Å². The van der Waals surface area contributed by atoms with E-state index >= 15 is 0 Å². The van der Waals surface area contributed by atoms with Crippen molar-refractivity contribution in [3.8, 4) is 6.07 Å². The van der Waals surface area contributed by atoms with Crippen LogP contribution < -0.4 is 11.1 Å². The number of rotatable bonds is 4. The van der Waals surface area contributed by atoms with Crippen LogP contribution in [0.3, 0.4) is 0 Å². The lowest BCUT2D eigenvalue weighted by molar-refractivity contribution is 0.544. The third kappa shape index (κ3) is 3.02. The number of nitrogens with zero attached hydrogens (tertiary/aromatic N) is 4. The van der Waals surface area contributed by atoms with Crippen LogP contribution in [0.1, 0.15) is 25.7 Å². The van der Waals surface area contributed by atoms with Crippen LogP contribution in [0.15, 0.2) is 0 Å². The summed E-state index contributed by atoms with van der Waals surface area (Å²) in [4.78, 5) is 11.9. The number of nitrogens with one attached hydrogen (secondary N) is 1. The summed E-state index contributed by atoms with van der Waals surface area (Å²) in [5.41, 5.74) is 5.82. The van der Waals surface area contributed by atoms with Gasteiger partial charge in [-0.1, -0.05) is 0 Å². The fourth-order valence-electron chi connectivity index (χ4n) is 1.06. The quantitative estimate of drug-likeness (QED) is 0.818. The Hall–Kier alpha value is -1.45. The molecule has 2 unspecified atom stereocenters. The number of halogens is 1. The minimum atomic E-state index is -0.567. The lowest BCUT2D eigenvalue weighted by atomic mass is 10.0. The smallest absolute Gasteiger partial charge is 0.227 e. The van der Waals surface area contributed by atoms with Gasteiger partial charge in [-0.2, -0.15) is 15.2 Å². The molecule has 0 aliphatic heterocycles. The number of hydrogen-bond acceptors (Lipinski definition) is 6. The van der Waals surface area contributed by atoms with E-state index < -0.39 is 6.04 Å². The molecule has 0 saturated heterocycles. The molecule has 0 fully saturated rings. The Morgan fingerprint density at radius 1 is 1.50 bits per heavy atom. The third-order valence-corrected chi connectivity index (χ3v) is 2.17. The predicted octanol–water partition coefficient (Wildman–Crippen LogP) is 1.12. The molecule has 2 atom stereocenters. The van der Waals surface area contributed by atoms with Crippen LogP contribution in [-0.2, 0) is 0 Å². The molecule has 0 aliphatic rings. The molecular formula is C9H13ClN6. The van der Waals surface area contributed by atoms with Crippen molar-refractivity contribution in [2.75, 3.05) is 11.9 Å². The van der Waals surface area contributed by atoms with E-state index in [4.69, 9.17) is 22.6 Å². The molecule has 1 heterocycles. The van der Waals surface area contributed by atoms with Gasteiger partial charge >= 0.3 is 0 Å². The SMILES string of the molecule is CCNc1nc(Cl)nc(C(N)C(C)C#N)n1. The molecule has 0 bridgehead atoms. The van der Waals surface area contributed by atoms with E-state index in [1.807, 2.05) is 13.0 Å². The van der Waals surface area contributed by atoms with Crippen molar-refractivity contribution in [3.63, 3.8) is 0 Å². The average molecular weight is 241 g/mol. The predicted molar refractivity (Wildman–Crippen MR) is 60.7 cm³/mol. The molecule has 7 heteroatoms. The number of nitriles is 1. The van der Waals surface area contributed by atoms with Crippen LogP contribution in [0.5, 0.6) is 0 Å². The van der Waals surface area contributed by atoms with Gasteiger partial charge in [0.2, 0.25) is 11.2 Å². The summed E-state index contributed by atoms with van der Waals surface area (Å²) < 4.78 is 0. The van der Waals surface area contributed by atoms with Crippen molar-refractivity contribution >= 4 is 17.5 Å². The highest BCUT2D eigenvalue weighted by Gasteiger charge is 2.18. The molecule has 0 aromatic carbocycles. The molecule has 1 aromatic rings. The summed E-state index contributed by atoms with van der Waals surface area (Å²) in [6.45, 7) is 4.29. The molecular weight excluding hydrogens is 228 g/mol. The Morgan fingerprint density at radius 3 is 2.75 bits per heavy atom. The highest BCUT2D eigenvalue weighted by molar-refractivity contribution is 6.28. The highest BCUT2D eigenvalue weighted by Crippen LogP contribution is 2.17. The van der Waals surface area contributed by atoms with Crippen molar-refractivity contribution in [2.24, 2.45) is 11.7 Å². The van der Waals surface area contributed by atoms with E-state index in [2.05, 4.69) is 20.3 Å². The fraction of sp³-hybridized carbons (Fsp3) is 0.556. The normalized spacial score (nSPS) is 13.9. The van der Waals surface area contributed by atoms with Crippen LogP contribution in [0.4, 0.5) is 5.95 Å². The first-order chi connectivity index (χ1) is 7.58. The Morgan fingerprint density at radius 2 is 2.19 bits per heavy atom. The molecule has 0 amide bonds. The van der Waals surface area contributed by atoms with E-state index in [0.29, 0.717) is 18.3 Å². The number of anilines is 1. The van der Waals surface area contributed by atoms with E-state index in [1.165, 1.54) is 0 Å². The van der Waals surface area contributed by atoms with Gasteiger partial charge in [-0.05, 0) is 25.4 Å². The topological polar surface area (TPSA) is 101 Å². The largest absolute Gasteiger partial charge is 0.354 e. The third-order valence-electron chi connectivity index (χ3n) is 2.00. The van der Waals surface area contributed by atoms with Gasteiger partial charge in [0.15, 0.2) is 5.82 Å². The maximum Gasteiger partial charge on any atom is 0.227 e. The van der Waals surface area contributed by atoms with Gasteiger partial charge < -0.3 is 11.1 Å². The molecule has 6 nitrogen and oxygen atoms in total. The summed E-state index contributed by atoms with van der Waals surface area (Å²) in [6, 6.07) is 1.48. The molecule has 3 N–H and O–H groups in total. The fourth-order valence-corrected chi connectivity index (χ4v) is 1.22. The minimum absolute atomic E-state index is 0.0709. The van der Waals surface area contributed by atoms with Gasteiger partial charge in [-0.3, -0.25) is 0 Å². The van der Waals surface area contributed by atoms with Gasteiger partial charge in [0.25, 0.3) is 0 Å². The van der Waals surface area contributed by atoms with Crippen molar-refractivity contribution in [3.05, 3.63) is 11.1 Å². The average Bonchev–Trinajstić information content (AvgIpc) is 2.26. The van der Waals surface area contributed by atoms with Crippen LogP contribution in [0.25, 0.3) is 0 Å². The lowest BCUT2D eigenvalue weighted by Crippen LogP contribution is -2.22. The first-order valence-electron chi connectivity index (χ1n) is 4.89. The standard InChI is InChI=1S/C9H13ClN6/c1-3-13-9-15-7(14-8(10)16-9)6(12)5(2)4-11/h5-6H,3,12H2,1-2H3,(H,13,14,15,16). The van der Waals surface area contributed by atoms with E-state index in [1.54, 1.807) is 6.92 Å². The maximum absolute atomic E-state index is 8.76. The molecule has 0 spiro atoms. The minimum Gasteiger partial charge on any atom is -0.354 e. The van der Waals surface area contributed by atoms with Gasteiger partial charge in [0.05, 0.1) is 18.0 Å². The van der Waals surface area contributed by atoms with E-state index in [9.17, 15) is 0 Å². The zero-order valence-electron chi connectivity index (χ0n) is 9.11. The molecule has 0 radical (unpaired) electrons. The number of hydrogen-bond donors (Lipinski definition) is 2. The second-order valence-electron chi connectivity index (χ2n) is 3.26. The molecule has 0 saturated carbocycles. The molecule has 0 aliphatic carbocycles. The molecule has 86 valence electrons. The summed E-state index contributed by atoms with van der Waals surface area (Å²) in [5, 5.41) is 11.7. The Kier molecular flexibility index (Phi) is 4.40. The Labute approximate surface area is 98.9 Å². The zero-order chi connectivity index (χ0) is 12.1. The first-order valence-corrected chi connectivity index (χ1v) is 5.26. The second kappa shape index (κ2) is 5.58. The second-order valence-corrected chi connectivity index (χ2v) is 3.60. The number of aromatic nitrogens is 3. The van der Waals surface area contributed by atoms with Gasteiger partial charge in [0, 0.05) is 6.54 Å². The van der Waals surface area contributed by atoms with Gasteiger partial charge in [0.1, 0.15) is 0 Å². The van der Waals surface area contributed by atoms with Crippen LogP contribution in [0, 0.1) is 17.2 Å². The molecule has 16 heavy (non-hydrogen) atoms. The summed E-state index contributed by atoms with van der Waals surface area (Å²) in [7, 11) is 0. The zero-order valence-corrected chi connectivity index (χ0v) is 9.86. The van der Waals surface area contributed by atoms with Crippen molar-refractivity contribution in [1.29, 1.82) is 5.26 Å². The monoisotopic (exact) mass is 240 g/mol. The summed E-state index contributed by atoms with van der Waals surface area (Å²) in [6.07, 6.45) is 0.